The molecule has 26 heavy (non-hydrogen) atoms. The number of halogens is 5. The van der Waals surface area contributed by atoms with Crippen LogP contribution < -0.4 is 16.0 Å². The molecule has 0 aliphatic rings. The van der Waals surface area contributed by atoms with Crippen LogP contribution in [0.25, 0.3) is 0 Å². The molecule has 0 aliphatic carbocycles. The average molecular weight is 516 g/mol. The lowest BCUT2D eigenvalue weighted by Gasteiger charge is -2.28. The summed E-state index contributed by atoms with van der Waals surface area (Å²) >= 11 is 32.3. The third kappa shape index (κ3) is 6.44. The zero-order chi connectivity index (χ0) is 19.3. The van der Waals surface area contributed by atoms with Crippen molar-refractivity contribution in [2.45, 2.75) is 9.96 Å². The number of nitrogens with one attached hydrogen (secondary N) is 3. The van der Waals surface area contributed by atoms with Gasteiger partial charge in [-0.2, -0.15) is 0 Å². The number of amides is 1. The number of anilines is 1. The van der Waals surface area contributed by atoms with Gasteiger partial charge in [-0.05, 0) is 64.5 Å². The molecule has 0 aromatic heterocycles. The highest BCUT2D eigenvalue weighted by atomic mass is 79.9. The summed E-state index contributed by atoms with van der Waals surface area (Å²) in [7, 11) is 0. The van der Waals surface area contributed by atoms with Crippen LogP contribution in [-0.2, 0) is 0 Å². The minimum Gasteiger partial charge on any atom is -0.339 e. The van der Waals surface area contributed by atoms with Gasteiger partial charge >= 0.3 is 0 Å². The summed E-state index contributed by atoms with van der Waals surface area (Å²) in [6.45, 7) is 0. The Labute approximate surface area is 184 Å². The maximum atomic E-state index is 12.5. The van der Waals surface area contributed by atoms with Crippen LogP contribution in [-0.4, -0.2) is 21.0 Å². The summed E-state index contributed by atoms with van der Waals surface area (Å²) in [5, 5.41) is 9.08. The normalized spacial score (nSPS) is 12.2. The molecule has 10 heteroatoms. The van der Waals surface area contributed by atoms with Gasteiger partial charge in [0.2, 0.25) is 3.79 Å². The summed E-state index contributed by atoms with van der Waals surface area (Å²) in [5.74, 6) is -0.435. The number of thiocarbonyl (C=S) groups is 1. The molecule has 0 bridgehead atoms. The van der Waals surface area contributed by atoms with Gasteiger partial charge in [-0.3, -0.25) is 4.79 Å². The van der Waals surface area contributed by atoms with E-state index in [1.54, 1.807) is 48.5 Å². The molecule has 2 aromatic carbocycles. The van der Waals surface area contributed by atoms with Crippen LogP contribution in [0.15, 0.2) is 53.0 Å². The molecule has 0 spiro atoms. The molecule has 0 saturated heterocycles. The van der Waals surface area contributed by atoms with Crippen LogP contribution in [0.1, 0.15) is 10.4 Å². The van der Waals surface area contributed by atoms with Crippen molar-refractivity contribution in [3.63, 3.8) is 0 Å². The van der Waals surface area contributed by atoms with Crippen molar-refractivity contribution in [2.75, 3.05) is 5.32 Å². The van der Waals surface area contributed by atoms with Crippen molar-refractivity contribution in [3.8, 4) is 0 Å². The number of hydrogen-bond acceptors (Lipinski definition) is 2. The summed E-state index contributed by atoms with van der Waals surface area (Å²) in [6, 6.07) is 13.8. The van der Waals surface area contributed by atoms with E-state index in [2.05, 4.69) is 31.9 Å². The molecule has 0 fully saturated rings. The van der Waals surface area contributed by atoms with Gasteiger partial charge in [-0.1, -0.05) is 58.5 Å². The first kappa shape index (κ1) is 21.5. The molecule has 4 nitrogen and oxygen atoms in total. The Bertz CT molecular complexity index is 799. The van der Waals surface area contributed by atoms with Crippen molar-refractivity contribution in [3.05, 3.63) is 63.6 Å². The number of alkyl halides is 3. The summed E-state index contributed by atoms with van der Waals surface area (Å²) < 4.78 is -1.23. The number of hydrogen-bond donors (Lipinski definition) is 3. The molecular formula is C16H12BrCl4N3OS. The van der Waals surface area contributed by atoms with Crippen LogP contribution in [0.5, 0.6) is 0 Å². The predicted molar refractivity (Wildman–Crippen MR) is 116 cm³/mol. The van der Waals surface area contributed by atoms with Crippen molar-refractivity contribution >= 4 is 91.3 Å². The molecular weight excluding hydrogens is 504 g/mol. The molecule has 0 saturated carbocycles. The molecule has 1 amide bonds. The van der Waals surface area contributed by atoms with E-state index in [0.717, 1.165) is 0 Å². The fraction of sp³-hybridized carbons (Fsp3) is 0.125. The van der Waals surface area contributed by atoms with Crippen LogP contribution >= 0.6 is 74.6 Å². The molecule has 3 N–H and O–H groups in total. The van der Waals surface area contributed by atoms with E-state index >= 15 is 0 Å². The van der Waals surface area contributed by atoms with Crippen LogP contribution in [0.2, 0.25) is 5.02 Å². The molecule has 2 aromatic rings. The number of benzene rings is 2. The van der Waals surface area contributed by atoms with Gasteiger partial charge in [0.15, 0.2) is 5.11 Å². The van der Waals surface area contributed by atoms with E-state index in [9.17, 15) is 4.79 Å². The Morgan fingerprint density at radius 1 is 1.04 bits per heavy atom. The van der Waals surface area contributed by atoms with E-state index in [4.69, 9.17) is 58.6 Å². The van der Waals surface area contributed by atoms with E-state index in [0.29, 0.717) is 20.7 Å². The number of carbonyl (C=O) groups is 1. The summed E-state index contributed by atoms with van der Waals surface area (Å²) in [4.78, 5) is 12.5. The van der Waals surface area contributed by atoms with Crippen molar-refractivity contribution in [2.24, 2.45) is 0 Å². The Morgan fingerprint density at radius 2 is 1.65 bits per heavy atom. The molecule has 0 unspecified atom stereocenters. The second-order valence-electron chi connectivity index (χ2n) is 5.03. The van der Waals surface area contributed by atoms with Crippen LogP contribution in [0.3, 0.4) is 0 Å². The minimum atomic E-state index is -1.84. The Hall–Kier alpha value is -0.760. The Balaban J connectivity index is 2.07. The lowest BCUT2D eigenvalue weighted by molar-refractivity contribution is 0.0934. The van der Waals surface area contributed by atoms with Gasteiger partial charge < -0.3 is 16.0 Å². The van der Waals surface area contributed by atoms with Gasteiger partial charge in [0.05, 0.1) is 5.56 Å². The Kier molecular flexibility index (Phi) is 7.82. The van der Waals surface area contributed by atoms with Gasteiger partial charge in [-0.15, -0.1) is 0 Å². The van der Waals surface area contributed by atoms with E-state index in [1.165, 1.54) is 0 Å². The molecule has 1 atom stereocenters. The van der Waals surface area contributed by atoms with Crippen molar-refractivity contribution < 1.29 is 4.79 Å². The lowest BCUT2D eigenvalue weighted by Crippen LogP contribution is -2.56. The standard InChI is InChI=1S/C16H12BrCl4N3OS/c17-12-4-2-1-3-11(12)13(25)23-14(16(19,20)21)24-15(26)22-10-7-5-9(18)6-8-10/h1-8,14H,(H,23,25)(H2,22,24,26)/t14-/m0/s1. The van der Waals surface area contributed by atoms with E-state index in [-0.39, 0.29) is 5.11 Å². The quantitative estimate of drug-likeness (QED) is 0.285. The van der Waals surface area contributed by atoms with Crippen molar-refractivity contribution in [1.29, 1.82) is 0 Å². The zero-order valence-electron chi connectivity index (χ0n) is 12.9. The first-order valence-electron chi connectivity index (χ1n) is 7.12. The topological polar surface area (TPSA) is 53.2 Å². The average Bonchev–Trinajstić information content (AvgIpc) is 2.56. The first-order chi connectivity index (χ1) is 12.2. The summed E-state index contributed by atoms with van der Waals surface area (Å²) in [5.41, 5.74) is 1.08. The van der Waals surface area contributed by atoms with E-state index in [1.807, 2.05) is 0 Å². The predicted octanol–water partition coefficient (Wildman–Crippen LogP) is 5.52. The van der Waals surface area contributed by atoms with Crippen LogP contribution in [0.4, 0.5) is 5.69 Å². The van der Waals surface area contributed by atoms with Gasteiger partial charge in [0.1, 0.15) is 6.17 Å². The number of rotatable bonds is 4. The van der Waals surface area contributed by atoms with Gasteiger partial charge in [0.25, 0.3) is 5.91 Å². The fourth-order valence-corrected chi connectivity index (χ4v) is 3.04. The lowest BCUT2D eigenvalue weighted by atomic mass is 10.2. The largest absolute Gasteiger partial charge is 0.339 e. The fourth-order valence-electron chi connectivity index (χ4n) is 1.89. The highest BCUT2D eigenvalue weighted by molar-refractivity contribution is 9.10. The van der Waals surface area contributed by atoms with Gasteiger partial charge in [-0.25, -0.2) is 0 Å². The molecule has 0 radical (unpaired) electrons. The summed E-state index contributed by atoms with van der Waals surface area (Å²) in [6.07, 6.45) is -1.07. The van der Waals surface area contributed by atoms with Crippen LogP contribution in [0, 0.1) is 0 Å². The third-order valence-corrected chi connectivity index (χ3v) is 4.92. The maximum Gasteiger partial charge on any atom is 0.254 e. The van der Waals surface area contributed by atoms with E-state index < -0.39 is 15.9 Å². The van der Waals surface area contributed by atoms with Gasteiger partial charge in [0, 0.05) is 15.2 Å². The molecule has 138 valence electrons. The SMILES string of the molecule is O=C(N[C@@H](NC(=S)Nc1ccc(Cl)cc1)C(Cl)(Cl)Cl)c1ccccc1Br. The minimum absolute atomic E-state index is 0.163. The Morgan fingerprint density at radius 3 is 2.23 bits per heavy atom. The van der Waals surface area contributed by atoms with Crippen molar-refractivity contribution in [1.82, 2.24) is 10.6 Å². The maximum absolute atomic E-state index is 12.5. The number of carbonyl (C=O) groups excluding carboxylic acids is 1. The highest BCUT2D eigenvalue weighted by Crippen LogP contribution is 2.29. The molecule has 0 heterocycles. The molecule has 2 rings (SSSR count). The monoisotopic (exact) mass is 513 g/mol. The smallest absolute Gasteiger partial charge is 0.254 e. The first-order valence-corrected chi connectivity index (χ1v) is 9.83. The zero-order valence-corrected chi connectivity index (χ0v) is 18.3. The third-order valence-electron chi connectivity index (χ3n) is 3.10. The second-order valence-corrected chi connectivity index (χ2v) is 9.10. The highest BCUT2D eigenvalue weighted by Gasteiger charge is 2.35. The second kappa shape index (κ2) is 9.44. The molecule has 0 aliphatic heterocycles.